The molecule has 0 atom stereocenters. The molecule has 8 N–H and O–H groups in total. The number of aromatic hydroxyl groups is 3. The van der Waals surface area contributed by atoms with Gasteiger partial charge in [0.1, 0.15) is 33.7 Å². The van der Waals surface area contributed by atoms with Crippen LogP contribution in [-0.4, -0.2) is 38.8 Å². The summed E-state index contributed by atoms with van der Waals surface area (Å²) in [7, 11) is -3.91. The summed E-state index contributed by atoms with van der Waals surface area (Å²) in [5.41, 5.74) is 3.43. The molecule has 4 aromatic carbocycles. The molecule has 0 aliphatic heterocycles. The van der Waals surface area contributed by atoms with Gasteiger partial charge in [-0.25, -0.2) is 0 Å². The Morgan fingerprint density at radius 1 is 0.744 bits per heavy atom. The van der Waals surface area contributed by atoms with Gasteiger partial charge >= 0.3 is 5.69 Å². The Bertz CT molecular complexity index is 1660. The summed E-state index contributed by atoms with van der Waals surface area (Å²) in [5, 5.41) is 61.2. The number of nitro groups is 2. The first-order chi connectivity index (χ1) is 18.3. The zero-order valence-corrected chi connectivity index (χ0v) is 20.1. The highest BCUT2D eigenvalue weighted by Crippen LogP contribution is 2.45. The first-order valence-electron chi connectivity index (χ1n) is 10.5. The lowest BCUT2D eigenvalue weighted by molar-refractivity contribution is -0.394. The zero-order valence-electron chi connectivity index (χ0n) is 19.3. The molecule has 0 amide bonds. The van der Waals surface area contributed by atoms with E-state index in [4.69, 9.17) is 0 Å². The average Bonchev–Trinajstić information content (AvgIpc) is 2.87. The predicted molar refractivity (Wildman–Crippen MR) is 140 cm³/mol. The SMILES string of the molecule is O=[N+]([O-])c1cc(N=Nc2cc(NNc3cccc4cc(S(O)(O)O)ccc34)c(O)cc2O)c(O)c([N+](=O)[O-])c1. The molecule has 39 heavy (non-hydrogen) atoms. The number of phenols is 3. The van der Waals surface area contributed by atoms with Crippen molar-refractivity contribution in [2.45, 2.75) is 4.90 Å². The number of nitro benzene ring substituents is 2. The van der Waals surface area contributed by atoms with Crippen LogP contribution in [0.25, 0.3) is 10.8 Å². The van der Waals surface area contributed by atoms with E-state index in [1.54, 1.807) is 18.2 Å². The average molecular weight is 558 g/mol. The van der Waals surface area contributed by atoms with Crippen molar-refractivity contribution >= 4 is 55.8 Å². The Morgan fingerprint density at radius 2 is 1.44 bits per heavy atom. The minimum atomic E-state index is -3.91. The summed E-state index contributed by atoms with van der Waals surface area (Å²) in [4.78, 5) is 20.2. The molecule has 0 heterocycles. The van der Waals surface area contributed by atoms with Crippen LogP contribution < -0.4 is 10.9 Å². The quantitative estimate of drug-likeness (QED) is 0.0394. The normalized spacial score (nSPS) is 12.0. The van der Waals surface area contributed by atoms with Gasteiger partial charge in [-0.15, -0.1) is 10.2 Å². The van der Waals surface area contributed by atoms with Gasteiger partial charge in [-0.05, 0) is 29.7 Å². The number of azo groups is 1. The molecule has 0 radical (unpaired) electrons. The van der Waals surface area contributed by atoms with Crippen LogP contribution in [-0.2, 0) is 0 Å². The summed E-state index contributed by atoms with van der Waals surface area (Å²) in [5.74, 6) is -1.97. The van der Waals surface area contributed by atoms with E-state index in [1.165, 1.54) is 18.2 Å². The van der Waals surface area contributed by atoms with Crippen LogP contribution in [0.1, 0.15) is 0 Å². The van der Waals surface area contributed by atoms with Crippen molar-refractivity contribution in [2.24, 2.45) is 10.2 Å². The Labute approximate surface area is 219 Å². The molecule has 17 heteroatoms. The van der Waals surface area contributed by atoms with Crippen molar-refractivity contribution in [1.29, 1.82) is 0 Å². The lowest BCUT2D eigenvalue weighted by Crippen LogP contribution is -2.09. The lowest BCUT2D eigenvalue weighted by atomic mass is 10.1. The van der Waals surface area contributed by atoms with Gasteiger partial charge in [-0.2, -0.15) is 0 Å². The molecule has 0 bridgehead atoms. The molecule has 4 rings (SSSR count). The summed E-state index contributed by atoms with van der Waals surface area (Å²) in [6.45, 7) is 0. The second-order valence-electron chi connectivity index (χ2n) is 7.86. The number of non-ortho nitro benzene ring substituents is 1. The Kier molecular flexibility index (Phi) is 7.06. The number of benzene rings is 4. The number of nitrogens with zero attached hydrogens (tertiary/aromatic N) is 4. The maximum absolute atomic E-state index is 11.1. The van der Waals surface area contributed by atoms with Gasteiger partial charge in [0.2, 0.25) is 5.75 Å². The first kappa shape index (κ1) is 26.8. The highest BCUT2D eigenvalue weighted by Gasteiger charge is 2.24. The fourth-order valence-corrected chi connectivity index (χ4v) is 3.98. The smallest absolute Gasteiger partial charge is 0.319 e. The fraction of sp³-hybridized carbons (Fsp3) is 0. The van der Waals surface area contributed by atoms with E-state index in [1.807, 2.05) is 0 Å². The molecule has 202 valence electrons. The molecule has 0 aliphatic rings. The standard InChI is InChI=1S/C22H18N6O10S/c29-20-10-21(30)17(25-26-18-7-12(27(32)33)8-19(22(18)31)28(34)35)9-16(20)24-23-15-3-1-2-11-6-13(39(36,37)38)4-5-14(11)15/h1-10,23-24,29-31,36-38H. The van der Waals surface area contributed by atoms with E-state index in [9.17, 15) is 49.2 Å². The van der Waals surface area contributed by atoms with E-state index >= 15 is 0 Å². The first-order valence-corrected chi connectivity index (χ1v) is 12.0. The van der Waals surface area contributed by atoms with Crippen LogP contribution in [0.3, 0.4) is 0 Å². The van der Waals surface area contributed by atoms with E-state index in [0.717, 1.165) is 18.2 Å². The molecule has 0 spiro atoms. The highest BCUT2D eigenvalue weighted by atomic mass is 32.3. The second-order valence-corrected chi connectivity index (χ2v) is 9.37. The van der Waals surface area contributed by atoms with Crippen LogP contribution >= 0.6 is 10.9 Å². The zero-order chi connectivity index (χ0) is 28.5. The monoisotopic (exact) mass is 558 g/mol. The lowest BCUT2D eigenvalue weighted by Gasteiger charge is -2.20. The topological polar surface area (TPSA) is 256 Å². The van der Waals surface area contributed by atoms with Gasteiger partial charge in [0, 0.05) is 17.5 Å². The number of phenolic OH excluding ortho intramolecular Hbond substituents is 3. The maximum Gasteiger partial charge on any atom is 0.319 e. The minimum absolute atomic E-state index is 0.0193. The van der Waals surface area contributed by atoms with Crippen molar-refractivity contribution in [1.82, 2.24) is 0 Å². The number of fused-ring (bicyclic) bond motifs is 1. The highest BCUT2D eigenvalue weighted by molar-refractivity contribution is 8.19. The minimum Gasteiger partial charge on any atom is -0.506 e. The van der Waals surface area contributed by atoms with Crippen molar-refractivity contribution in [3.63, 3.8) is 0 Å². The van der Waals surface area contributed by atoms with Crippen LogP contribution in [0.2, 0.25) is 0 Å². The van der Waals surface area contributed by atoms with E-state index in [-0.39, 0.29) is 16.3 Å². The van der Waals surface area contributed by atoms with Crippen LogP contribution in [0.5, 0.6) is 17.2 Å². The van der Waals surface area contributed by atoms with E-state index in [2.05, 4.69) is 21.1 Å². The van der Waals surface area contributed by atoms with Gasteiger partial charge in [0.15, 0.2) is 0 Å². The van der Waals surface area contributed by atoms with E-state index < -0.39 is 55.0 Å². The number of anilines is 2. The van der Waals surface area contributed by atoms with Crippen LogP contribution in [0, 0.1) is 20.2 Å². The molecule has 0 aromatic heterocycles. The molecule has 0 saturated heterocycles. The molecule has 0 aliphatic carbocycles. The molecular weight excluding hydrogens is 540 g/mol. The summed E-state index contributed by atoms with van der Waals surface area (Å²) in [6, 6.07) is 12.6. The van der Waals surface area contributed by atoms with E-state index in [0.29, 0.717) is 22.5 Å². The number of rotatable bonds is 8. The summed E-state index contributed by atoms with van der Waals surface area (Å²) >= 11 is 0. The fourth-order valence-electron chi connectivity index (χ4n) is 3.44. The van der Waals surface area contributed by atoms with Crippen molar-refractivity contribution in [3.05, 3.63) is 80.9 Å². The van der Waals surface area contributed by atoms with Crippen LogP contribution in [0.4, 0.5) is 34.1 Å². The third kappa shape index (κ3) is 5.70. The van der Waals surface area contributed by atoms with Gasteiger partial charge in [-0.3, -0.25) is 25.7 Å². The number of hydrogen-bond donors (Lipinski definition) is 8. The van der Waals surface area contributed by atoms with Crippen molar-refractivity contribution in [2.75, 3.05) is 10.9 Å². The third-order valence-electron chi connectivity index (χ3n) is 5.32. The maximum atomic E-state index is 11.1. The van der Waals surface area contributed by atoms with Gasteiger partial charge < -0.3 is 34.4 Å². The van der Waals surface area contributed by atoms with Gasteiger partial charge in [-0.1, -0.05) is 18.2 Å². The summed E-state index contributed by atoms with van der Waals surface area (Å²) in [6.07, 6.45) is 0. The molecular formula is C22H18N6O10S. The largest absolute Gasteiger partial charge is 0.506 e. The van der Waals surface area contributed by atoms with Crippen molar-refractivity contribution < 1.29 is 38.8 Å². The molecule has 16 nitrogen and oxygen atoms in total. The number of hydrogen-bond acceptors (Lipinski definition) is 14. The summed E-state index contributed by atoms with van der Waals surface area (Å²) < 4.78 is 28.5. The predicted octanol–water partition coefficient (Wildman–Crippen LogP) is 6.21. The number of hydrazine groups is 1. The number of nitrogens with one attached hydrogen (secondary N) is 2. The third-order valence-corrected chi connectivity index (χ3v) is 6.21. The molecule has 0 fully saturated rings. The Hall–Kier alpha value is -5.23. The molecule has 4 aromatic rings. The van der Waals surface area contributed by atoms with Crippen LogP contribution in [0.15, 0.2) is 75.8 Å². The Morgan fingerprint density at radius 3 is 2.10 bits per heavy atom. The van der Waals surface area contributed by atoms with Gasteiger partial charge in [0.05, 0.1) is 32.2 Å². The van der Waals surface area contributed by atoms with Gasteiger partial charge in [0.25, 0.3) is 5.69 Å². The second kappa shape index (κ2) is 10.3. The van der Waals surface area contributed by atoms with Crippen molar-refractivity contribution in [3.8, 4) is 17.2 Å². The Balaban J connectivity index is 1.63. The molecule has 0 unspecified atom stereocenters. The molecule has 0 saturated carbocycles.